The molecule has 0 rings (SSSR count). The second kappa shape index (κ2) is 22.4. The summed E-state index contributed by atoms with van der Waals surface area (Å²) in [4.78, 5) is 0. The first-order valence-corrected chi connectivity index (χ1v) is 5.15. The Morgan fingerprint density at radius 2 is 1.50 bits per heavy atom. The van der Waals surface area contributed by atoms with Crippen molar-refractivity contribution in [2.24, 2.45) is 5.73 Å². The molecule has 0 heterocycles. The standard InChI is InChI=1S/C5H14N2.C3H8.C2H6/c1-3-4-5(6)7-2;1-3-2;1-2/h5,7H,3-4,6H2,1-2H3;3H2,1-2H3;1-2H3. The van der Waals surface area contributed by atoms with Crippen LogP contribution in [0.4, 0.5) is 0 Å². The maximum atomic E-state index is 5.47. The second-order valence-corrected chi connectivity index (χ2v) is 2.39. The highest BCUT2D eigenvalue weighted by Crippen LogP contribution is 1.85. The normalized spacial score (nSPS) is 10.2. The van der Waals surface area contributed by atoms with E-state index in [0.29, 0.717) is 0 Å². The van der Waals surface area contributed by atoms with Gasteiger partial charge in [-0.15, -0.1) is 0 Å². The summed E-state index contributed by atoms with van der Waals surface area (Å²) in [6, 6.07) is 0. The highest BCUT2D eigenvalue weighted by Gasteiger charge is 1.91. The van der Waals surface area contributed by atoms with Gasteiger partial charge in [0.05, 0.1) is 6.17 Å². The van der Waals surface area contributed by atoms with Crippen LogP contribution < -0.4 is 11.1 Å². The smallest absolute Gasteiger partial charge is 0.0543 e. The zero-order valence-electron chi connectivity index (χ0n) is 9.78. The summed E-state index contributed by atoms with van der Waals surface area (Å²) in [5.74, 6) is 0. The highest BCUT2D eigenvalue weighted by atomic mass is 15.0. The average Bonchev–Trinajstić information content (AvgIpc) is 2.10. The minimum Gasteiger partial charge on any atom is -0.316 e. The fourth-order valence-electron chi connectivity index (χ4n) is 0.455. The van der Waals surface area contributed by atoms with E-state index in [1.807, 2.05) is 20.9 Å². The molecule has 12 heavy (non-hydrogen) atoms. The van der Waals surface area contributed by atoms with Crippen LogP contribution in [-0.4, -0.2) is 13.2 Å². The maximum absolute atomic E-state index is 5.47. The van der Waals surface area contributed by atoms with Gasteiger partial charge in [0.25, 0.3) is 0 Å². The molecule has 0 aliphatic heterocycles. The molecule has 2 heteroatoms. The topological polar surface area (TPSA) is 38.0 Å². The van der Waals surface area contributed by atoms with Gasteiger partial charge in [-0.2, -0.15) is 0 Å². The minimum absolute atomic E-state index is 0.199. The second-order valence-electron chi connectivity index (χ2n) is 2.39. The zero-order valence-corrected chi connectivity index (χ0v) is 9.78. The van der Waals surface area contributed by atoms with Crippen LogP contribution in [0, 0.1) is 0 Å². The van der Waals surface area contributed by atoms with Crippen LogP contribution >= 0.6 is 0 Å². The van der Waals surface area contributed by atoms with Gasteiger partial charge in [0.1, 0.15) is 0 Å². The molecule has 2 nitrogen and oxygen atoms in total. The van der Waals surface area contributed by atoms with Crippen LogP contribution in [0.5, 0.6) is 0 Å². The summed E-state index contributed by atoms with van der Waals surface area (Å²) >= 11 is 0. The molecule has 0 saturated heterocycles. The first-order chi connectivity index (χ1) is 5.72. The van der Waals surface area contributed by atoms with E-state index in [1.54, 1.807) is 0 Å². The SMILES string of the molecule is CC.CCC.CCCC(N)NC. The van der Waals surface area contributed by atoms with Gasteiger partial charge in [0.2, 0.25) is 0 Å². The maximum Gasteiger partial charge on any atom is 0.0543 e. The lowest BCUT2D eigenvalue weighted by atomic mass is 10.3. The molecule has 1 atom stereocenters. The third-order valence-electron chi connectivity index (χ3n) is 0.970. The Kier molecular flexibility index (Phi) is 33.4. The quantitative estimate of drug-likeness (QED) is 0.649. The van der Waals surface area contributed by atoms with Crippen molar-refractivity contribution in [2.75, 3.05) is 7.05 Å². The van der Waals surface area contributed by atoms with Crippen molar-refractivity contribution in [3.05, 3.63) is 0 Å². The van der Waals surface area contributed by atoms with Gasteiger partial charge in [-0.25, -0.2) is 0 Å². The molecule has 1 unspecified atom stereocenters. The molecule has 78 valence electrons. The summed E-state index contributed by atoms with van der Waals surface area (Å²) in [7, 11) is 1.88. The third-order valence-corrected chi connectivity index (χ3v) is 0.970. The summed E-state index contributed by atoms with van der Waals surface area (Å²) in [5.41, 5.74) is 5.47. The fraction of sp³-hybridized carbons (Fsp3) is 1.00. The predicted molar refractivity (Wildman–Crippen MR) is 59.3 cm³/mol. The molecular formula is C10H28N2. The molecule has 0 amide bonds. The lowest BCUT2D eigenvalue weighted by molar-refractivity contribution is 0.535. The van der Waals surface area contributed by atoms with Crippen molar-refractivity contribution in [1.29, 1.82) is 0 Å². The summed E-state index contributed by atoms with van der Waals surface area (Å²) in [5, 5.41) is 2.94. The number of hydrogen-bond acceptors (Lipinski definition) is 2. The van der Waals surface area contributed by atoms with E-state index in [2.05, 4.69) is 26.1 Å². The average molecular weight is 176 g/mol. The highest BCUT2D eigenvalue weighted by molar-refractivity contribution is 4.50. The molecular weight excluding hydrogens is 148 g/mol. The minimum atomic E-state index is 0.199. The molecule has 0 aromatic carbocycles. The lowest BCUT2D eigenvalue weighted by Crippen LogP contribution is -2.33. The molecule has 0 bridgehead atoms. The summed E-state index contributed by atoms with van der Waals surface area (Å²) < 4.78 is 0. The third kappa shape index (κ3) is 32.6. The Bertz CT molecular complexity index is 47.1. The molecule has 0 fully saturated rings. The Morgan fingerprint density at radius 1 is 1.17 bits per heavy atom. The molecule has 0 aromatic rings. The van der Waals surface area contributed by atoms with Crippen molar-refractivity contribution in [1.82, 2.24) is 5.32 Å². The number of nitrogens with two attached hydrogens (primary N) is 1. The molecule has 0 aromatic heterocycles. The molecule has 0 radical (unpaired) electrons. The van der Waals surface area contributed by atoms with Gasteiger partial charge in [-0.3, -0.25) is 0 Å². The Balaban J connectivity index is -0.000000137. The van der Waals surface area contributed by atoms with Gasteiger partial charge in [-0.05, 0) is 13.5 Å². The van der Waals surface area contributed by atoms with Crippen molar-refractivity contribution >= 4 is 0 Å². The van der Waals surface area contributed by atoms with Gasteiger partial charge < -0.3 is 11.1 Å². The van der Waals surface area contributed by atoms with Crippen LogP contribution in [0.25, 0.3) is 0 Å². The van der Waals surface area contributed by atoms with Crippen LogP contribution in [-0.2, 0) is 0 Å². The summed E-state index contributed by atoms with van der Waals surface area (Å²) in [6.07, 6.45) is 3.67. The van der Waals surface area contributed by atoms with E-state index >= 15 is 0 Å². The Hall–Kier alpha value is -0.0800. The zero-order chi connectivity index (χ0) is 10.4. The van der Waals surface area contributed by atoms with Gasteiger partial charge in [-0.1, -0.05) is 47.5 Å². The number of rotatable bonds is 3. The van der Waals surface area contributed by atoms with E-state index in [4.69, 9.17) is 5.73 Å². The van der Waals surface area contributed by atoms with E-state index < -0.39 is 0 Å². The fourth-order valence-corrected chi connectivity index (χ4v) is 0.455. The molecule has 0 spiro atoms. The van der Waals surface area contributed by atoms with Crippen molar-refractivity contribution in [3.63, 3.8) is 0 Å². The van der Waals surface area contributed by atoms with Gasteiger partial charge in [0.15, 0.2) is 0 Å². The van der Waals surface area contributed by atoms with Crippen molar-refractivity contribution < 1.29 is 0 Å². The van der Waals surface area contributed by atoms with E-state index in [9.17, 15) is 0 Å². The summed E-state index contributed by atoms with van der Waals surface area (Å²) in [6.45, 7) is 10.4. The molecule has 0 aliphatic carbocycles. The largest absolute Gasteiger partial charge is 0.316 e. The Labute approximate surface area is 78.9 Å². The van der Waals surface area contributed by atoms with Crippen molar-refractivity contribution in [3.8, 4) is 0 Å². The van der Waals surface area contributed by atoms with Gasteiger partial charge in [0, 0.05) is 0 Å². The van der Waals surface area contributed by atoms with E-state index in [0.717, 1.165) is 12.8 Å². The molecule has 0 aliphatic rings. The molecule has 3 N–H and O–H groups in total. The van der Waals surface area contributed by atoms with Crippen LogP contribution in [0.2, 0.25) is 0 Å². The number of hydrogen-bond donors (Lipinski definition) is 2. The monoisotopic (exact) mass is 176 g/mol. The number of nitrogens with one attached hydrogen (secondary N) is 1. The lowest BCUT2D eigenvalue weighted by Gasteiger charge is -2.05. The predicted octanol–water partition coefficient (Wildman–Crippen LogP) is 2.73. The van der Waals surface area contributed by atoms with Crippen molar-refractivity contribution in [2.45, 2.75) is 60.0 Å². The van der Waals surface area contributed by atoms with Gasteiger partial charge >= 0.3 is 0 Å². The van der Waals surface area contributed by atoms with E-state index in [1.165, 1.54) is 6.42 Å². The first kappa shape index (κ1) is 17.9. The molecule has 0 saturated carbocycles. The first-order valence-electron chi connectivity index (χ1n) is 5.15. The van der Waals surface area contributed by atoms with Crippen LogP contribution in [0.3, 0.4) is 0 Å². The van der Waals surface area contributed by atoms with Crippen LogP contribution in [0.1, 0.15) is 53.9 Å². The van der Waals surface area contributed by atoms with E-state index in [-0.39, 0.29) is 6.17 Å². The Morgan fingerprint density at radius 3 is 1.58 bits per heavy atom. The van der Waals surface area contributed by atoms with Crippen LogP contribution in [0.15, 0.2) is 0 Å².